The molecule has 1 heterocycles. The number of rotatable bonds is 3. The van der Waals surface area contributed by atoms with Gasteiger partial charge in [-0.2, -0.15) is 5.26 Å². The van der Waals surface area contributed by atoms with Crippen LogP contribution in [-0.4, -0.2) is 29.8 Å². The summed E-state index contributed by atoms with van der Waals surface area (Å²) in [4.78, 5) is 13.9. The number of nitrogens with zero attached hydrogens (tertiary/aromatic N) is 2. The molecule has 3 nitrogen and oxygen atoms in total. The van der Waals surface area contributed by atoms with E-state index in [1.807, 2.05) is 11.8 Å². The van der Waals surface area contributed by atoms with E-state index in [1.54, 1.807) is 0 Å². The molecule has 0 N–H and O–H groups in total. The van der Waals surface area contributed by atoms with E-state index in [2.05, 4.69) is 19.9 Å². The number of likely N-dealkylation sites (tertiary alicyclic amines) is 1. The highest BCUT2D eigenvalue weighted by Gasteiger charge is 2.34. The number of Topliss-reactive ketones (excluding diaryl/α,β-unsaturated/α-hetero) is 1. The minimum absolute atomic E-state index is 0.0887. The maximum absolute atomic E-state index is 11.8. The van der Waals surface area contributed by atoms with Crippen LogP contribution in [0, 0.1) is 23.2 Å². The Labute approximate surface area is 92.1 Å². The molecule has 0 bridgehead atoms. The van der Waals surface area contributed by atoms with Crippen molar-refractivity contribution in [1.82, 2.24) is 4.90 Å². The maximum atomic E-state index is 11.8. The molecule has 3 atom stereocenters. The van der Waals surface area contributed by atoms with Gasteiger partial charge in [0.15, 0.2) is 0 Å². The van der Waals surface area contributed by atoms with Crippen molar-refractivity contribution >= 4 is 5.78 Å². The highest BCUT2D eigenvalue weighted by molar-refractivity contribution is 5.84. The molecule has 0 aromatic heterocycles. The lowest BCUT2D eigenvalue weighted by molar-refractivity contribution is -0.129. The molecule has 3 heteroatoms. The van der Waals surface area contributed by atoms with Crippen molar-refractivity contribution in [2.75, 3.05) is 13.1 Å². The van der Waals surface area contributed by atoms with Gasteiger partial charge < -0.3 is 0 Å². The third-order valence-corrected chi connectivity index (χ3v) is 3.40. The fourth-order valence-corrected chi connectivity index (χ4v) is 2.50. The molecule has 84 valence electrons. The van der Waals surface area contributed by atoms with Crippen molar-refractivity contribution < 1.29 is 4.79 Å². The zero-order valence-electron chi connectivity index (χ0n) is 9.86. The second-order valence-corrected chi connectivity index (χ2v) is 4.44. The number of nitriles is 1. The smallest absolute Gasteiger partial charge is 0.150 e. The number of carbonyl (C=O) groups is 1. The molecule has 0 aliphatic carbocycles. The van der Waals surface area contributed by atoms with Crippen LogP contribution >= 0.6 is 0 Å². The molecule has 3 unspecified atom stereocenters. The molecule has 0 aromatic carbocycles. The van der Waals surface area contributed by atoms with Gasteiger partial charge in [0, 0.05) is 12.5 Å². The highest BCUT2D eigenvalue weighted by Crippen LogP contribution is 2.24. The number of piperidine rings is 1. The van der Waals surface area contributed by atoms with E-state index in [1.165, 1.54) is 0 Å². The molecular formula is C12H20N2O. The van der Waals surface area contributed by atoms with Crippen LogP contribution in [0.1, 0.15) is 33.6 Å². The van der Waals surface area contributed by atoms with E-state index < -0.39 is 0 Å². The molecule has 0 amide bonds. The lowest BCUT2D eigenvalue weighted by Crippen LogP contribution is -2.49. The van der Waals surface area contributed by atoms with Crippen LogP contribution in [0.3, 0.4) is 0 Å². The largest absolute Gasteiger partial charge is 0.298 e. The van der Waals surface area contributed by atoms with Crippen molar-refractivity contribution in [2.45, 2.75) is 39.7 Å². The molecule has 1 aliphatic rings. The van der Waals surface area contributed by atoms with Gasteiger partial charge in [0.05, 0.1) is 18.7 Å². The minimum Gasteiger partial charge on any atom is -0.298 e. The second kappa shape index (κ2) is 5.27. The third-order valence-electron chi connectivity index (χ3n) is 3.40. The number of hydrogen-bond acceptors (Lipinski definition) is 3. The molecule has 1 fully saturated rings. The quantitative estimate of drug-likeness (QED) is 0.710. The maximum Gasteiger partial charge on any atom is 0.150 e. The fourth-order valence-electron chi connectivity index (χ4n) is 2.50. The number of ketones is 1. The first-order valence-corrected chi connectivity index (χ1v) is 5.80. The summed E-state index contributed by atoms with van der Waals surface area (Å²) in [5.74, 6) is 0.904. The van der Waals surface area contributed by atoms with Crippen molar-refractivity contribution in [3.8, 4) is 6.07 Å². The van der Waals surface area contributed by atoms with Crippen LogP contribution in [0.4, 0.5) is 0 Å². The molecule has 0 radical (unpaired) electrons. The number of carbonyl (C=O) groups excluding carboxylic acids is 1. The average Bonchev–Trinajstić information content (AvgIpc) is 2.19. The lowest BCUT2D eigenvalue weighted by Gasteiger charge is -2.37. The van der Waals surface area contributed by atoms with E-state index >= 15 is 0 Å². The fraction of sp³-hybridized carbons (Fsp3) is 0.833. The molecule has 0 spiro atoms. The van der Waals surface area contributed by atoms with Gasteiger partial charge in [-0.3, -0.25) is 9.69 Å². The molecule has 0 saturated carbocycles. The van der Waals surface area contributed by atoms with Crippen LogP contribution in [-0.2, 0) is 4.79 Å². The topological polar surface area (TPSA) is 44.1 Å². The Balaban J connectivity index is 2.68. The summed E-state index contributed by atoms with van der Waals surface area (Å²) in [7, 11) is 0. The Bertz CT molecular complexity index is 269. The van der Waals surface area contributed by atoms with Crippen LogP contribution in [0.15, 0.2) is 0 Å². The lowest BCUT2D eigenvalue weighted by atomic mass is 9.83. The Morgan fingerprint density at radius 3 is 2.67 bits per heavy atom. The first-order chi connectivity index (χ1) is 7.13. The van der Waals surface area contributed by atoms with Crippen molar-refractivity contribution in [2.24, 2.45) is 11.8 Å². The predicted molar refractivity (Wildman–Crippen MR) is 59.2 cm³/mol. The van der Waals surface area contributed by atoms with Gasteiger partial charge in [-0.1, -0.05) is 20.8 Å². The molecule has 1 aliphatic heterocycles. The summed E-state index contributed by atoms with van der Waals surface area (Å²) >= 11 is 0. The van der Waals surface area contributed by atoms with E-state index in [9.17, 15) is 4.79 Å². The van der Waals surface area contributed by atoms with E-state index in [4.69, 9.17) is 5.26 Å². The molecular weight excluding hydrogens is 188 g/mol. The first-order valence-electron chi connectivity index (χ1n) is 5.80. The van der Waals surface area contributed by atoms with Crippen LogP contribution < -0.4 is 0 Å². The van der Waals surface area contributed by atoms with Gasteiger partial charge in [0.2, 0.25) is 0 Å². The summed E-state index contributed by atoms with van der Waals surface area (Å²) in [6, 6.07) is 2.18. The first kappa shape index (κ1) is 12.2. The van der Waals surface area contributed by atoms with Gasteiger partial charge in [0.25, 0.3) is 0 Å². The van der Waals surface area contributed by atoms with Gasteiger partial charge in [0.1, 0.15) is 5.78 Å². The average molecular weight is 208 g/mol. The standard InChI is InChI=1S/C12H20N2O/c1-4-10(6-13)14-7-9(3)11(5-2)12(15)8-14/h9-11H,4-5,7-8H2,1-3H3. The monoisotopic (exact) mass is 208 g/mol. The predicted octanol–water partition coefficient (Wildman–Crippen LogP) is 1.84. The molecule has 0 aromatic rings. The van der Waals surface area contributed by atoms with Gasteiger partial charge in [-0.25, -0.2) is 0 Å². The van der Waals surface area contributed by atoms with Crippen LogP contribution in [0.25, 0.3) is 0 Å². The van der Waals surface area contributed by atoms with Crippen LogP contribution in [0.5, 0.6) is 0 Å². The molecule has 15 heavy (non-hydrogen) atoms. The Kier molecular flexibility index (Phi) is 4.28. The van der Waals surface area contributed by atoms with Gasteiger partial charge in [-0.15, -0.1) is 0 Å². The Hall–Kier alpha value is -0.880. The zero-order chi connectivity index (χ0) is 11.4. The van der Waals surface area contributed by atoms with E-state index in [0.29, 0.717) is 18.2 Å². The van der Waals surface area contributed by atoms with E-state index in [-0.39, 0.29) is 12.0 Å². The SMILES string of the molecule is CCC1C(=O)CN(C(C#N)CC)CC1C. The van der Waals surface area contributed by atoms with Crippen molar-refractivity contribution in [1.29, 1.82) is 5.26 Å². The Morgan fingerprint density at radius 2 is 2.27 bits per heavy atom. The summed E-state index contributed by atoms with van der Waals surface area (Å²) in [6.07, 6.45) is 1.73. The van der Waals surface area contributed by atoms with Crippen LogP contribution in [0.2, 0.25) is 0 Å². The third kappa shape index (κ3) is 2.57. The minimum atomic E-state index is -0.0887. The summed E-state index contributed by atoms with van der Waals surface area (Å²) in [5, 5.41) is 8.97. The summed E-state index contributed by atoms with van der Waals surface area (Å²) in [5.41, 5.74) is 0. The molecule has 1 saturated heterocycles. The summed E-state index contributed by atoms with van der Waals surface area (Å²) in [6.45, 7) is 7.53. The second-order valence-electron chi connectivity index (χ2n) is 4.44. The normalized spacial score (nSPS) is 29.9. The van der Waals surface area contributed by atoms with E-state index in [0.717, 1.165) is 19.4 Å². The summed E-state index contributed by atoms with van der Waals surface area (Å²) < 4.78 is 0. The molecule has 1 rings (SSSR count). The van der Waals surface area contributed by atoms with Gasteiger partial charge >= 0.3 is 0 Å². The zero-order valence-corrected chi connectivity index (χ0v) is 9.86. The van der Waals surface area contributed by atoms with Crippen molar-refractivity contribution in [3.05, 3.63) is 0 Å². The Morgan fingerprint density at radius 1 is 1.60 bits per heavy atom. The number of hydrogen-bond donors (Lipinski definition) is 0. The van der Waals surface area contributed by atoms with Gasteiger partial charge in [-0.05, 0) is 18.8 Å². The highest BCUT2D eigenvalue weighted by atomic mass is 16.1. The van der Waals surface area contributed by atoms with Crippen molar-refractivity contribution in [3.63, 3.8) is 0 Å².